The number of hydrogen-bond acceptors (Lipinski definition) is 7. The fourth-order valence-corrected chi connectivity index (χ4v) is 5.18. The molecule has 0 bridgehead atoms. The van der Waals surface area contributed by atoms with Crippen molar-refractivity contribution in [1.82, 2.24) is 4.98 Å². The van der Waals surface area contributed by atoms with E-state index in [1.807, 2.05) is 86.1 Å². The molecule has 1 unspecified atom stereocenters. The predicted octanol–water partition coefficient (Wildman–Crippen LogP) is 6.04. The Labute approximate surface area is 209 Å². The molecule has 0 saturated carbocycles. The smallest absolute Gasteiger partial charge is 0.213 e. The monoisotopic (exact) mass is 481 g/mol. The second-order valence-electron chi connectivity index (χ2n) is 8.35. The first-order chi connectivity index (χ1) is 17.0. The summed E-state index contributed by atoms with van der Waals surface area (Å²) in [7, 11) is 1.67. The maximum absolute atomic E-state index is 6.09. The quantitative estimate of drug-likeness (QED) is 0.247. The molecule has 1 atom stereocenters. The Kier molecular flexibility index (Phi) is 6.33. The number of benzene rings is 3. The summed E-state index contributed by atoms with van der Waals surface area (Å²) in [4.78, 5) is 12.4. The fraction of sp³-hybridized carbons (Fsp3) is 0.143. The van der Waals surface area contributed by atoms with Gasteiger partial charge in [0.15, 0.2) is 0 Å². The molecule has 6 nitrogen and oxygen atoms in total. The second-order valence-corrected chi connectivity index (χ2v) is 9.62. The third-order valence-corrected chi connectivity index (χ3v) is 6.98. The predicted molar refractivity (Wildman–Crippen MR) is 145 cm³/mol. The molecule has 0 radical (unpaired) electrons. The van der Waals surface area contributed by atoms with Crippen molar-refractivity contribution in [3.8, 4) is 5.75 Å². The minimum absolute atomic E-state index is 0.676. The number of aromatic nitrogens is 1. The lowest BCUT2D eigenvalue weighted by molar-refractivity contribution is 0.414. The average Bonchev–Trinajstić information content (AvgIpc) is 2.87. The van der Waals surface area contributed by atoms with Crippen molar-refractivity contribution in [3.05, 3.63) is 108 Å². The maximum Gasteiger partial charge on any atom is 0.213 e. The Bertz CT molecular complexity index is 1340. The lowest BCUT2D eigenvalue weighted by atomic mass is 10.1. The van der Waals surface area contributed by atoms with Gasteiger partial charge in [-0.05, 0) is 67.1 Å². The molecule has 0 aliphatic carbocycles. The van der Waals surface area contributed by atoms with Crippen LogP contribution in [0.15, 0.2) is 101 Å². The molecular formula is C28H27N5OS. The van der Waals surface area contributed by atoms with Crippen LogP contribution in [0.1, 0.15) is 16.8 Å². The van der Waals surface area contributed by atoms with Gasteiger partial charge < -0.3 is 20.7 Å². The van der Waals surface area contributed by atoms with Gasteiger partial charge in [0, 0.05) is 22.0 Å². The molecule has 1 aliphatic rings. The third kappa shape index (κ3) is 4.95. The zero-order valence-electron chi connectivity index (χ0n) is 19.7. The van der Waals surface area contributed by atoms with Gasteiger partial charge in [-0.3, -0.25) is 0 Å². The molecule has 0 saturated heterocycles. The average molecular weight is 482 g/mol. The largest absolute Gasteiger partial charge is 0.497 e. The minimum atomic E-state index is -0.842. The maximum atomic E-state index is 6.09. The highest BCUT2D eigenvalue weighted by Gasteiger charge is 2.40. The summed E-state index contributed by atoms with van der Waals surface area (Å²) >= 11 is 1.62. The van der Waals surface area contributed by atoms with Gasteiger partial charge in [-0.15, -0.1) is 0 Å². The summed E-state index contributed by atoms with van der Waals surface area (Å²) in [5.41, 5.74) is 10.8. The van der Waals surface area contributed by atoms with Crippen LogP contribution in [0.3, 0.4) is 0 Å². The first-order valence-corrected chi connectivity index (χ1v) is 12.2. The van der Waals surface area contributed by atoms with Gasteiger partial charge >= 0.3 is 0 Å². The van der Waals surface area contributed by atoms with Crippen molar-refractivity contribution in [2.45, 2.75) is 23.4 Å². The summed E-state index contributed by atoms with van der Waals surface area (Å²) in [5, 5.41) is 3.66. The van der Waals surface area contributed by atoms with Gasteiger partial charge in [-0.25, -0.2) is 9.98 Å². The van der Waals surface area contributed by atoms with E-state index < -0.39 is 4.99 Å². The van der Waals surface area contributed by atoms with E-state index >= 15 is 0 Å². The van der Waals surface area contributed by atoms with Crippen LogP contribution in [0.5, 0.6) is 5.75 Å². The van der Waals surface area contributed by atoms with E-state index in [1.54, 1.807) is 18.9 Å². The van der Waals surface area contributed by atoms with Crippen LogP contribution in [-0.2, 0) is 11.5 Å². The molecule has 0 spiro atoms. The van der Waals surface area contributed by atoms with Gasteiger partial charge in [0.25, 0.3) is 0 Å². The standard InChI is InChI=1S/C28H27N5OS/c1-20-11-16-26-27(31-20)33(18-21-7-4-3-5-8-21)19-30-28(26,32-23-10-6-9-22(29)17-23)35-25-14-12-24(34-2)13-15-25/h3-17,19,32H,18,29H2,1-2H3. The van der Waals surface area contributed by atoms with E-state index in [2.05, 4.69) is 28.4 Å². The number of ether oxygens (including phenoxy) is 1. The molecule has 3 N–H and O–H groups in total. The van der Waals surface area contributed by atoms with E-state index in [0.29, 0.717) is 12.2 Å². The lowest BCUT2D eigenvalue weighted by Crippen LogP contribution is -2.39. The van der Waals surface area contributed by atoms with Crippen molar-refractivity contribution < 1.29 is 4.74 Å². The Balaban J connectivity index is 1.60. The highest BCUT2D eigenvalue weighted by Crippen LogP contribution is 2.48. The number of rotatable bonds is 7. The molecule has 0 fully saturated rings. The zero-order chi connectivity index (χ0) is 24.3. The van der Waals surface area contributed by atoms with Crippen molar-refractivity contribution in [2.75, 3.05) is 23.1 Å². The lowest BCUT2D eigenvalue weighted by Gasteiger charge is -2.38. The normalized spacial score (nSPS) is 16.6. The van der Waals surface area contributed by atoms with E-state index in [9.17, 15) is 0 Å². The Morgan fingerprint density at radius 2 is 1.77 bits per heavy atom. The number of anilines is 3. The molecule has 7 heteroatoms. The number of aliphatic imine (C=N–C) groups is 1. The fourth-order valence-electron chi connectivity index (χ4n) is 4.03. The van der Waals surface area contributed by atoms with Crippen molar-refractivity contribution in [3.63, 3.8) is 0 Å². The molecule has 35 heavy (non-hydrogen) atoms. The summed E-state index contributed by atoms with van der Waals surface area (Å²) < 4.78 is 5.35. The molecule has 1 aromatic heterocycles. The molecule has 0 amide bonds. The van der Waals surface area contributed by atoms with Crippen molar-refractivity contribution in [2.24, 2.45) is 4.99 Å². The van der Waals surface area contributed by atoms with Crippen LogP contribution in [0.25, 0.3) is 0 Å². The summed E-state index contributed by atoms with van der Waals surface area (Å²) in [6.07, 6.45) is 1.89. The highest BCUT2D eigenvalue weighted by atomic mass is 32.2. The third-order valence-electron chi connectivity index (χ3n) is 5.75. The van der Waals surface area contributed by atoms with E-state index in [0.717, 1.165) is 33.4 Å². The Hall–Kier alpha value is -3.97. The Morgan fingerprint density at radius 3 is 2.51 bits per heavy atom. The zero-order valence-corrected chi connectivity index (χ0v) is 20.5. The SMILES string of the molecule is COc1ccc(SC2(Nc3cccc(N)c3)N=CN(Cc3ccccc3)c3nc(C)ccc32)cc1. The number of methoxy groups -OCH3 is 1. The highest BCUT2D eigenvalue weighted by molar-refractivity contribution is 8.00. The minimum Gasteiger partial charge on any atom is -0.497 e. The van der Waals surface area contributed by atoms with Crippen LogP contribution < -0.4 is 20.7 Å². The number of nitrogens with zero attached hydrogens (tertiary/aromatic N) is 3. The van der Waals surface area contributed by atoms with Gasteiger partial charge in [0.2, 0.25) is 4.99 Å². The van der Waals surface area contributed by atoms with Crippen LogP contribution in [0, 0.1) is 6.92 Å². The molecule has 1 aliphatic heterocycles. The van der Waals surface area contributed by atoms with Crippen LogP contribution in [0.2, 0.25) is 0 Å². The van der Waals surface area contributed by atoms with Crippen LogP contribution >= 0.6 is 11.8 Å². The van der Waals surface area contributed by atoms with E-state index in [1.165, 1.54) is 5.56 Å². The topological polar surface area (TPSA) is 75.8 Å². The number of fused-ring (bicyclic) bond motifs is 1. The summed E-state index contributed by atoms with van der Waals surface area (Å²) in [5.74, 6) is 1.69. The molecule has 4 aromatic rings. The Morgan fingerprint density at radius 1 is 0.971 bits per heavy atom. The number of nitrogens with two attached hydrogens (primary N) is 1. The summed E-state index contributed by atoms with van der Waals surface area (Å²) in [6.45, 7) is 2.69. The second kappa shape index (κ2) is 9.72. The van der Waals surface area contributed by atoms with Gasteiger partial charge in [0.05, 0.1) is 25.6 Å². The number of hydrogen-bond donors (Lipinski definition) is 2. The van der Waals surface area contributed by atoms with Crippen molar-refractivity contribution in [1.29, 1.82) is 0 Å². The van der Waals surface area contributed by atoms with Crippen molar-refractivity contribution >= 4 is 35.3 Å². The molecule has 176 valence electrons. The first kappa shape index (κ1) is 22.8. The van der Waals surface area contributed by atoms with Gasteiger partial charge in [0.1, 0.15) is 11.6 Å². The molecule has 3 aromatic carbocycles. The number of thioether (sulfide) groups is 1. The van der Waals surface area contributed by atoms with Gasteiger partial charge in [-0.1, -0.05) is 48.2 Å². The van der Waals surface area contributed by atoms with Gasteiger partial charge in [-0.2, -0.15) is 0 Å². The van der Waals surface area contributed by atoms with E-state index in [4.69, 9.17) is 20.4 Å². The molecule has 5 rings (SSSR count). The number of pyridine rings is 1. The molecular weight excluding hydrogens is 454 g/mol. The van der Waals surface area contributed by atoms with E-state index in [-0.39, 0.29) is 0 Å². The number of nitrogen functional groups attached to an aromatic ring is 1. The summed E-state index contributed by atoms with van der Waals surface area (Å²) in [6, 6.07) is 30.2. The molecule has 2 heterocycles. The first-order valence-electron chi connectivity index (χ1n) is 11.4. The van der Waals surface area contributed by atoms with Crippen LogP contribution in [-0.4, -0.2) is 18.4 Å². The number of nitrogens with one attached hydrogen (secondary N) is 1. The number of aryl methyl sites for hydroxylation is 1. The van der Waals surface area contributed by atoms with Crippen LogP contribution in [0.4, 0.5) is 17.2 Å².